The van der Waals surface area contributed by atoms with Crippen LogP contribution in [0.3, 0.4) is 0 Å². The van der Waals surface area contributed by atoms with Gasteiger partial charge in [-0.2, -0.15) is 0 Å². The van der Waals surface area contributed by atoms with Crippen LogP contribution in [0.2, 0.25) is 0 Å². The summed E-state index contributed by atoms with van der Waals surface area (Å²) < 4.78 is 0. The number of carbonyl (C=O) groups excluding carboxylic acids is 3. The van der Waals surface area contributed by atoms with Gasteiger partial charge in [-0.1, -0.05) is 0 Å². The van der Waals surface area contributed by atoms with Crippen molar-refractivity contribution in [2.45, 2.75) is 50.9 Å². The second-order valence-corrected chi connectivity index (χ2v) is 4.90. The van der Waals surface area contributed by atoms with Crippen molar-refractivity contribution in [3.63, 3.8) is 0 Å². The number of amides is 3. The molecule has 0 saturated heterocycles. The van der Waals surface area contributed by atoms with E-state index >= 15 is 0 Å². The topological polar surface area (TPSA) is 185 Å². The van der Waals surface area contributed by atoms with Crippen LogP contribution in [0.15, 0.2) is 0 Å². The summed E-state index contributed by atoms with van der Waals surface area (Å²) in [6.45, 7) is 2.60. The Kier molecular flexibility index (Phi) is 8.05. The molecule has 0 fully saturated rings. The highest BCUT2D eigenvalue weighted by molar-refractivity contribution is 5.90. The number of hydrogen-bond acceptors (Lipinski definition) is 6. The molecule has 0 radical (unpaired) electrons. The number of hydrogen-bond donors (Lipinski definition) is 6. The molecule has 0 aliphatic rings. The molecule has 8 N–H and O–H groups in total. The predicted molar refractivity (Wildman–Crippen MR) is 75.3 cm³/mol. The summed E-state index contributed by atoms with van der Waals surface area (Å²) in [6, 6.07) is -3.45. The van der Waals surface area contributed by atoms with E-state index in [0.29, 0.717) is 0 Å². The van der Waals surface area contributed by atoms with E-state index < -0.39 is 47.9 Å². The molecule has 0 heterocycles. The number of primary amides is 1. The summed E-state index contributed by atoms with van der Waals surface area (Å²) in [5.41, 5.74) is 10.5. The fourth-order valence-electron chi connectivity index (χ4n) is 1.42. The van der Waals surface area contributed by atoms with Crippen LogP contribution in [0.1, 0.15) is 26.7 Å². The highest BCUT2D eigenvalue weighted by Gasteiger charge is 2.25. The molecule has 0 saturated carbocycles. The van der Waals surface area contributed by atoms with Crippen molar-refractivity contribution in [2.75, 3.05) is 0 Å². The first-order valence-electron chi connectivity index (χ1n) is 6.61. The fourth-order valence-corrected chi connectivity index (χ4v) is 1.42. The summed E-state index contributed by atoms with van der Waals surface area (Å²) in [6.07, 6.45) is -1.45. The molecular formula is C12H22N4O6. The van der Waals surface area contributed by atoms with E-state index in [1.807, 2.05) is 0 Å². The Morgan fingerprint density at radius 2 is 1.68 bits per heavy atom. The Balaban J connectivity index is 4.49. The van der Waals surface area contributed by atoms with Crippen LogP contribution in [0, 0.1) is 0 Å². The van der Waals surface area contributed by atoms with Gasteiger partial charge in [0.2, 0.25) is 17.7 Å². The normalized spacial score (nSPS) is 16.0. The lowest BCUT2D eigenvalue weighted by molar-refractivity contribution is -0.141. The summed E-state index contributed by atoms with van der Waals surface area (Å²) in [5, 5.41) is 22.3. The maximum absolute atomic E-state index is 11.6. The maximum atomic E-state index is 11.6. The predicted octanol–water partition coefficient (Wildman–Crippen LogP) is -2.97. The number of aliphatic carboxylic acids is 1. The average Bonchev–Trinajstić information content (AvgIpc) is 2.41. The van der Waals surface area contributed by atoms with Gasteiger partial charge in [0.25, 0.3) is 0 Å². The van der Waals surface area contributed by atoms with E-state index in [0.717, 1.165) is 0 Å². The molecule has 0 bridgehead atoms. The van der Waals surface area contributed by atoms with Crippen molar-refractivity contribution in [1.82, 2.24) is 10.6 Å². The number of nitrogens with one attached hydrogen (secondary N) is 2. The first-order chi connectivity index (χ1) is 10.1. The zero-order valence-corrected chi connectivity index (χ0v) is 12.4. The molecule has 10 heteroatoms. The summed E-state index contributed by atoms with van der Waals surface area (Å²) in [4.78, 5) is 45.0. The minimum atomic E-state index is -1.23. The summed E-state index contributed by atoms with van der Waals surface area (Å²) >= 11 is 0. The van der Waals surface area contributed by atoms with Crippen molar-refractivity contribution in [3.8, 4) is 0 Å². The van der Waals surface area contributed by atoms with E-state index in [2.05, 4.69) is 10.6 Å². The third kappa shape index (κ3) is 6.99. The van der Waals surface area contributed by atoms with Crippen molar-refractivity contribution in [1.29, 1.82) is 0 Å². The van der Waals surface area contributed by atoms with Gasteiger partial charge >= 0.3 is 5.97 Å². The van der Waals surface area contributed by atoms with Crippen LogP contribution in [-0.4, -0.2) is 58.1 Å². The maximum Gasteiger partial charge on any atom is 0.325 e. The molecule has 0 aromatic carbocycles. The van der Waals surface area contributed by atoms with Crippen LogP contribution in [0.25, 0.3) is 0 Å². The Morgan fingerprint density at radius 1 is 1.14 bits per heavy atom. The molecular weight excluding hydrogens is 296 g/mol. The zero-order chi connectivity index (χ0) is 17.4. The number of aliphatic hydroxyl groups is 1. The van der Waals surface area contributed by atoms with Gasteiger partial charge in [-0.05, 0) is 20.3 Å². The van der Waals surface area contributed by atoms with E-state index in [1.54, 1.807) is 0 Å². The number of rotatable bonds is 9. The molecule has 0 aromatic heterocycles. The summed E-state index contributed by atoms with van der Waals surface area (Å²) in [7, 11) is 0. The average molecular weight is 318 g/mol. The Morgan fingerprint density at radius 3 is 2.09 bits per heavy atom. The van der Waals surface area contributed by atoms with Gasteiger partial charge in [-0.15, -0.1) is 0 Å². The van der Waals surface area contributed by atoms with Gasteiger partial charge in [0.15, 0.2) is 0 Å². The van der Waals surface area contributed by atoms with Crippen LogP contribution in [0.4, 0.5) is 0 Å². The standard InChI is InChI=1S/C12H22N4O6/c1-5(12(21)22)15-8(18)4-3-7(10(14)19)16-11(20)9(13)6(2)17/h5-7,9,17H,3-4,13H2,1-2H3,(H2,14,19)(H,15,18)(H,16,20)(H,21,22)/t5-,6-,7-,9+/m1/s1. The van der Waals surface area contributed by atoms with Gasteiger partial charge in [-0.25, -0.2) is 0 Å². The van der Waals surface area contributed by atoms with E-state index in [9.17, 15) is 24.3 Å². The quantitative estimate of drug-likeness (QED) is 0.262. The summed E-state index contributed by atoms with van der Waals surface area (Å²) in [5.74, 6) is -3.45. The fraction of sp³-hybridized carbons (Fsp3) is 0.667. The largest absolute Gasteiger partial charge is 0.480 e. The number of carboxylic acid groups (broad SMARTS) is 1. The van der Waals surface area contributed by atoms with Crippen molar-refractivity contribution < 1.29 is 29.4 Å². The zero-order valence-electron chi connectivity index (χ0n) is 12.4. The van der Waals surface area contributed by atoms with Crippen LogP contribution >= 0.6 is 0 Å². The van der Waals surface area contributed by atoms with Gasteiger partial charge in [-0.3, -0.25) is 19.2 Å². The lowest BCUT2D eigenvalue weighted by Crippen LogP contribution is -2.53. The van der Waals surface area contributed by atoms with Crippen molar-refractivity contribution in [3.05, 3.63) is 0 Å². The molecule has 4 atom stereocenters. The minimum absolute atomic E-state index is 0.119. The van der Waals surface area contributed by atoms with Crippen molar-refractivity contribution >= 4 is 23.7 Å². The van der Waals surface area contributed by atoms with E-state index in [1.165, 1.54) is 13.8 Å². The molecule has 0 spiro atoms. The second kappa shape index (κ2) is 8.95. The first kappa shape index (κ1) is 19.8. The highest BCUT2D eigenvalue weighted by Crippen LogP contribution is 2.00. The van der Waals surface area contributed by atoms with Crippen molar-refractivity contribution in [2.24, 2.45) is 11.5 Å². The number of nitrogens with two attached hydrogens (primary N) is 2. The molecule has 126 valence electrons. The lowest BCUT2D eigenvalue weighted by atomic mass is 10.1. The van der Waals surface area contributed by atoms with Crippen LogP contribution in [-0.2, 0) is 19.2 Å². The lowest BCUT2D eigenvalue weighted by Gasteiger charge is -2.20. The van der Waals surface area contributed by atoms with Gasteiger partial charge in [0, 0.05) is 6.42 Å². The molecule has 0 aliphatic carbocycles. The van der Waals surface area contributed by atoms with Gasteiger partial charge in [0.05, 0.1) is 6.10 Å². The molecule has 10 nitrogen and oxygen atoms in total. The van der Waals surface area contributed by atoms with E-state index in [-0.39, 0.29) is 12.8 Å². The van der Waals surface area contributed by atoms with E-state index in [4.69, 9.17) is 16.6 Å². The third-order valence-corrected chi connectivity index (χ3v) is 2.89. The monoisotopic (exact) mass is 318 g/mol. The SMILES string of the molecule is C[C@@H](NC(=O)CC[C@@H](NC(=O)[C@@H](N)[C@@H](C)O)C(N)=O)C(=O)O. The molecule has 0 unspecified atom stereocenters. The molecule has 0 aromatic rings. The minimum Gasteiger partial charge on any atom is -0.480 e. The highest BCUT2D eigenvalue weighted by atomic mass is 16.4. The number of carboxylic acids is 1. The Labute approximate surface area is 127 Å². The molecule has 0 rings (SSSR count). The van der Waals surface area contributed by atoms with Gasteiger partial charge in [0.1, 0.15) is 18.1 Å². The third-order valence-electron chi connectivity index (χ3n) is 2.89. The Bertz CT molecular complexity index is 439. The van der Waals surface area contributed by atoms with Gasteiger partial charge < -0.3 is 32.3 Å². The molecule has 22 heavy (non-hydrogen) atoms. The van der Waals surface area contributed by atoms with Crippen LogP contribution in [0.5, 0.6) is 0 Å². The van der Waals surface area contributed by atoms with Crippen LogP contribution < -0.4 is 22.1 Å². The Hall–Kier alpha value is -2.20. The molecule has 3 amide bonds. The smallest absolute Gasteiger partial charge is 0.325 e. The number of aliphatic hydroxyl groups excluding tert-OH is 1. The first-order valence-corrected chi connectivity index (χ1v) is 6.61. The number of carbonyl (C=O) groups is 4. The second-order valence-electron chi connectivity index (χ2n) is 4.90. The molecule has 0 aliphatic heterocycles.